The highest BCUT2D eigenvalue weighted by molar-refractivity contribution is 7.07. The Balaban J connectivity index is 1.17. The number of rotatable bonds is 7. The summed E-state index contributed by atoms with van der Waals surface area (Å²) in [4.78, 5) is 19.6. The molecule has 1 aromatic heterocycles. The van der Waals surface area contributed by atoms with Crippen LogP contribution in [0, 0.1) is 12.8 Å². The molecule has 0 unspecified atom stereocenters. The molecule has 4 aromatic rings. The third kappa shape index (κ3) is 6.14. The molecule has 1 amide bonds. The molecule has 0 radical (unpaired) electrons. The fraction of sp³-hybridized carbons (Fsp3) is 0.276. The second kappa shape index (κ2) is 10.8. The van der Waals surface area contributed by atoms with Crippen molar-refractivity contribution in [2.75, 3.05) is 13.1 Å². The van der Waals surface area contributed by atoms with Crippen LogP contribution in [0.1, 0.15) is 45.7 Å². The van der Waals surface area contributed by atoms with Gasteiger partial charge in [0.1, 0.15) is 5.75 Å². The van der Waals surface area contributed by atoms with E-state index in [1.807, 2.05) is 23.1 Å². The lowest BCUT2D eigenvalue weighted by atomic mass is 9.90. The summed E-state index contributed by atoms with van der Waals surface area (Å²) in [7, 11) is 0. The molecular weight excluding hydrogens is 454 g/mol. The van der Waals surface area contributed by atoms with Gasteiger partial charge in [-0.15, -0.1) is 0 Å². The molecule has 0 saturated carbocycles. The van der Waals surface area contributed by atoms with Crippen molar-refractivity contribution in [2.24, 2.45) is 5.92 Å². The number of aryl methyl sites for hydroxylation is 1. The van der Waals surface area contributed by atoms with Crippen molar-refractivity contribution in [3.8, 4) is 10.9 Å². The van der Waals surface area contributed by atoms with E-state index in [4.69, 9.17) is 4.74 Å². The summed E-state index contributed by atoms with van der Waals surface area (Å²) in [6, 6.07) is 26.4. The van der Waals surface area contributed by atoms with Crippen LogP contribution in [0.2, 0.25) is 0 Å². The molecule has 0 bridgehead atoms. The normalized spacial score (nSPS) is 14.1. The summed E-state index contributed by atoms with van der Waals surface area (Å²) >= 11 is 1.23. The molecule has 6 heteroatoms. The zero-order valence-corrected chi connectivity index (χ0v) is 20.7. The monoisotopic (exact) mass is 483 g/mol. The van der Waals surface area contributed by atoms with Gasteiger partial charge in [-0.05, 0) is 61.4 Å². The van der Waals surface area contributed by atoms with Gasteiger partial charge in [0, 0.05) is 36.6 Å². The number of likely N-dealkylation sites (tertiary alicyclic amines) is 1. The summed E-state index contributed by atoms with van der Waals surface area (Å²) in [5, 5.41) is 0.485. The zero-order valence-electron chi connectivity index (χ0n) is 19.9. The van der Waals surface area contributed by atoms with Crippen molar-refractivity contribution in [3.63, 3.8) is 0 Å². The maximum absolute atomic E-state index is 13.1. The quantitative estimate of drug-likeness (QED) is 0.308. The number of carbonyl (C=O) groups is 1. The predicted octanol–water partition coefficient (Wildman–Crippen LogP) is 6.32. The Morgan fingerprint density at radius 3 is 2.51 bits per heavy atom. The summed E-state index contributed by atoms with van der Waals surface area (Å²) in [5.41, 5.74) is 4.42. The van der Waals surface area contributed by atoms with Gasteiger partial charge in [0.2, 0.25) is 0 Å². The van der Waals surface area contributed by atoms with Crippen molar-refractivity contribution in [2.45, 2.75) is 32.6 Å². The molecule has 2 heterocycles. The van der Waals surface area contributed by atoms with E-state index in [-0.39, 0.29) is 5.91 Å². The van der Waals surface area contributed by atoms with Crippen molar-refractivity contribution in [1.29, 1.82) is 0 Å². The number of amides is 1. The number of aromatic nitrogens is 2. The highest BCUT2D eigenvalue weighted by atomic mass is 32.1. The number of nitrogens with zero attached hydrogens (tertiary/aromatic N) is 3. The first-order valence-corrected chi connectivity index (χ1v) is 12.9. The molecule has 1 aliphatic rings. The second-order valence-corrected chi connectivity index (χ2v) is 9.91. The van der Waals surface area contributed by atoms with Crippen LogP contribution in [-0.2, 0) is 12.8 Å². The van der Waals surface area contributed by atoms with Crippen molar-refractivity contribution < 1.29 is 9.53 Å². The van der Waals surface area contributed by atoms with E-state index in [1.54, 1.807) is 6.07 Å². The van der Waals surface area contributed by atoms with E-state index in [0.717, 1.165) is 38.2 Å². The Kier molecular flexibility index (Phi) is 7.19. The molecule has 5 rings (SSSR count). The lowest BCUT2D eigenvalue weighted by Crippen LogP contribution is -2.38. The van der Waals surface area contributed by atoms with Crippen molar-refractivity contribution >= 4 is 17.4 Å². The molecule has 0 atom stereocenters. The molecule has 5 nitrogen and oxygen atoms in total. The lowest BCUT2D eigenvalue weighted by molar-refractivity contribution is 0.0690. The van der Waals surface area contributed by atoms with Crippen molar-refractivity contribution in [3.05, 3.63) is 107 Å². The van der Waals surface area contributed by atoms with E-state index in [9.17, 15) is 4.79 Å². The van der Waals surface area contributed by atoms with Crippen LogP contribution in [0.5, 0.6) is 10.9 Å². The topological polar surface area (TPSA) is 55.3 Å². The van der Waals surface area contributed by atoms with Gasteiger partial charge in [0.05, 0.1) is 0 Å². The molecule has 3 aromatic carbocycles. The highest BCUT2D eigenvalue weighted by Crippen LogP contribution is 2.27. The van der Waals surface area contributed by atoms with E-state index < -0.39 is 0 Å². The maximum Gasteiger partial charge on any atom is 0.298 e. The largest absolute Gasteiger partial charge is 0.430 e. The minimum absolute atomic E-state index is 0.0611. The van der Waals surface area contributed by atoms with E-state index in [2.05, 4.69) is 70.9 Å². The van der Waals surface area contributed by atoms with Gasteiger partial charge in [-0.3, -0.25) is 4.79 Å². The van der Waals surface area contributed by atoms with Gasteiger partial charge in [0.15, 0.2) is 5.82 Å². The molecule has 35 heavy (non-hydrogen) atoms. The molecular formula is C29H29N3O2S. The van der Waals surface area contributed by atoms with Crippen LogP contribution >= 0.6 is 11.5 Å². The molecule has 0 aliphatic carbocycles. The number of hydrogen-bond donors (Lipinski definition) is 0. The fourth-order valence-electron chi connectivity index (χ4n) is 4.50. The van der Waals surface area contributed by atoms with Crippen LogP contribution in [0.3, 0.4) is 0 Å². The average Bonchev–Trinajstić information content (AvgIpc) is 3.33. The summed E-state index contributed by atoms with van der Waals surface area (Å²) in [5.74, 6) is 2.03. The standard InChI is InChI=1S/C29H29N3O2S/c1-21-10-12-23(13-11-21)19-27-30-29(35-31-27)34-26-9-5-8-25(20-26)28(33)32-16-14-24(15-17-32)18-22-6-3-2-4-7-22/h2-13,20,24H,14-19H2,1H3. The Bertz CT molecular complexity index is 1260. The molecule has 178 valence electrons. The van der Waals surface area contributed by atoms with Gasteiger partial charge in [-0.25, -0.2) is 0 Å². The Hall–Kier alpha value is -3.51. The second-order valence-electron chi connectivity index (χ2n) is 9.19. The third-order valence-electron chi connectivity index (χ3n) is 6.49. The molecule has 0 N–H and O–H groups in total. The number of benzene rings is 3. The van der Waals surface area contributed by atoms with Crippen LogP contribution in [0.4, 0.5) is 0 Å². The smallest absolute Gasteiger partial charge is 0.298 e. The first-order chi connectivity index (χ1) is 17.1. The Morgan fingerprint density at radius 1 is 0.971 bits per heavy atom. The number of carbonyl (C=O) groups excluding carboxylic acids is 1. The van der Waals surface area contributed by atoms with E-state index >= 15 is 0 Å². The van der Waals surface area contributed by atoms with Crippen LogP contribution < -0.4 is 4.74 Å². The van der Waals surface area contributed by atoms with Gasteiger partial charge in [0.25, 0.3) is 11.1 Å². The van der Waals surface area contributed by atoms with Crippen molar-refractivity contribution in [1.82, 2.24) is 14.3 Å². The van der Waals surface area contributed by atoms with E-state index in [0.29, 0.717) is 28.8 Å². The zero-order chi connectivity index (χ0) is 24.0. The first kappa shape index (κ1) is 23.2. The van der Waals surface area contributed by atoms with Gasteiger partial charge >= 0.3 is 0 Å². The van der Waals surface area contributed by atoms with Crippen LogP contribution in [-0.4, -0.2) is 33.3 Å². The minimum Gasteiger partial charge on any atom is -0.430 e. The minimum atomic E-state index is 0.0611. The van der Waals surface area contributed by atoms with Gasteiger partial charge in [-0.2, -0.15) is 9.36 Å². The Morgan fingerprint density at radius 2 is 1.74 bits per heavy atom. The molecule has 0 spiro atoms. The number of hydrogen-bond acceptors (Lipinski definition) is 5. The van der Waals surface area contributed by atoms with E-state index in [1.165, 1.54) is 28.2 Å². The Labute approximate surface area is 210 Å². The highest BCUT2D eigenvalue weighted by Gasteiger charge is 2.24. The summed E-state index contributed by atoms with van der Waals surface area (Å²) in [6.07, 6.45) is 3.82. The molecule has 1 fully saturated rings. The van der Waals surface area contributed by atoms with Crippen LogP contribution in [0.25, 0.3) is 0 Å². The van der Waals surface area contributed by atoms with Gasteiger partial charge in [-0.1, -0.05) is 66.2 Å². The van der Waals surface area contributed by atoms with Gasteiger partial charge < -0.3 is 9.64 Å². The van der Waals surface area contributed by atoms with Crippen LogP contribution in [0.15, 0.2) is 78.9 Å². The summed E-state index contributed by atoms with van der Waals surface area (Å²) < 4.78 is 10.4. The maximum atomic E-state index is 13.1. The average molecular weight is 484 g/mol. The number of piperidine rings is 1. The molecule has 1 saturated heterocycles. The molecule has 1 aliphatic heterocycles. The third-order valence-corrected chi connectivity index (χ3v) is 7.12. The fourth-order valence-corrected chi connectivity index (χ4v) is 5.07. The summed E-state index contributed by atoms with van der Waals surface area (Å²) in [6.45, 7) is 3.66. The lowest BCUT2D eigenvalue weighted by Gasteiger charge is -2.32. The SMILES string of the molecule is Cc1ccc(Cc2nsc(Oc3cccc(C(=O)N4CCC(Cc5ccccc5)CC4)c3)n2)cc1. The number of ether oxygens (including phenoxy) is 1. The first-order valence-electron chi connectivity index (χ1n) is 12.1. The predicted molar refractivity (Wildman–Crippen MR) is 139 cm³/mol.